The van der Waals surface area contributed by atoms with Crippen molar-refractivity contribution in [2.24, 2.45) is 0 Å². The molecule has 5 nitrogen and oxygen atoms in total. The van der Waals surface area contributed by atoms with Crippen LogP contribution in [0.4, 0.5) is 5.69 Å². The minimum absolute atomic E-state index is 0.192. The molecular formula is C10H14N2O3S2. The van der Waals surface area contributed by atoms with E-state index in [9.17, 15) is 9.59 Å². The van der Waals surface area contributed by atoms with Crippen LogP contribution in [-0.2, 0) is 4.74 Å². The Labute approximate surface area is 108 Å². The first-order valence-electron chi connectivity index (χ1n) is 4.92. The van der Waals surface area contributed by atoms with Gasteiger partial charge in [-0.25, -0.2) is 4.79 Å². The first kappa shape index (κ1) is 13.9. The number of nitrogens with two attached hydrogens (primary N) is 1. The lowest BCUT2D eigenvalue weighted by molar-refractivity contribution is 0.0599. The van der Waals surface area contributed by atoms with Crippen LogP contribution in [0.25, 0.3) is 0 Å². The van der Waals surface area contributed by atoms with Gasteiger partial charge in [-0.1, -0.05) is 6.92 Å². The number of ether oxygens (including phenoxy) is 1. The minimum atomic E-state index is -0.509. The Bertz CT molecular complexity index is 443. The number of amides is 1. The number of thioether (sulfide) groups is 1. The van der Waals surface area contributed by atoms with E-state index >= 15 is 0 Å². The summed E-state index contributed by atoms with van der Waals surface area (Å²) in [7, 11) is 2.81. The van der Waals surface area contributed by atoms with Crippen LogP contribution in [0.5, 0.6) is 0 Å². The van der Waals surface area contributed by atoms with Gasteiger partial charge >= 0.3 is 5.97 Å². The second-order valence-electron chi connectivity index (χ2n) is 3.01. The van der Waals surface area contributed by atoms with Gasteiger partial charge < -0.3 is 15.8 Å². The smallest absolute Gasteiger partial charge is 0.342 e. The van der Waals surface area contributed by atoms with Crippen LogP contribution >= 0.6 is 23.1 Å². The fraction of sp³-hybridized carbons (Fsp3) is 0.400. The number of carbonyl (C=O) groups excluding carboxylic acids is 2. The van der Waals surface area contributed by atoms with Crippen LogP contribution in [-0.4, -0.2) is 31.8 Å². The monoisotopic (exact) mass is 274 g/mol. The van der Waals surface area contributed by atoms with E-state index in [4.69, 9.17) is 5.73 Å². The molecule has 0 unspecified atom stereocenters. The maximum atomic E-state index is 11.6. The summed E-state index contributed by atoms with van der Waals surface area (Å²) in [5.41, 5.74) is 6.31. The second-order valence-corrected chi connectivity index (χ2v) is 5.56. The zero-order valence-electron chi connectivity index (χ0n) is 9.83. The van der Waals surface area contributed by atoms with Gasteiger partial charge in [0, 0.05) is 7.05 Å². The molecule has 0 aliphatic rings. The van der Waals surface area contributed by atoms with Gasteiger partial charge in [0.2, 0.25) is 0 Å². The average molecular weight is 274 g/mol. The van der Waals surface area contributed by atoms with E-state index < -0.39 is 5.97 Å². The summed E-state index contributed by atoms with van der Waals surface area (Å²) in [6, 6.07) is 0. The summed E-state index contributed by atoms with van der Waals surface area (Å²) >= 11 is 2.68. The highest BCUT2D eigenvalue weighted by molar-refractivity contribution is 8.01. The molecule has 1 aromatic rings. The molecule has 17 heavy (non-hydrogen) atoms. The van der Waals surface area contributed by atoms with Crippen molar-refractivity contribution in [3.63, 3.8) is 0 Å². The van der Waals surface area contributed by atoms with E-state index in [2.05, 4.69) is 10.1 Å². The number of esters is 1. The summed E-state index contributed by atoms with van der Waals surface area (Å²) in [4.78, 5) is 23.5. The Balaban J connectivity index is 3.29. The van der Waals surface area contributed by atoms with Gasteiger partial charge in [0.1, 0.15) is 10.4 Å². The number of rotatable bonds is 4. The molecular weight excluding hydrogens is 260 g/mol. The molecule has 0 saturated heterocycles. The molecule has 1 amide bonds. The zero-order valence-corrected chi connectivity index (χ0v) is 11.5. The van der Waals surface area contributed by atoms with Crippen molar-refractivity contribution < 1.29 is 14.3 Å². The zero-order chi connectivity index (χ0) is 13.0. The minimum Gasteiger partial charge on any atom is -0.465 e. The van der Waals surface area contributed by atoms with Crippen molar-refractivity contribution in [1.82, 2.24) is 5.32 Å². The van der Waals surface area contributed by atoms with Crippen LogP contribution in [0.2, 0.25) is 0 Å². The van der Waals surface area contributed by atoms with Gasteiger partial charge in [-0.15, -0.1) is 23.1 Å². The molecule has 1 rings (SSSR count). The number of methoxy groups -OCH3 is 1. The number of thiophene rings is 1. The Hall–Kier alpha value is -1.21. The van der Waals surface area contributed by atoms with Gasteiger partial charge in [-0.2, -0.15) is 0 Å². The van der Waals surface area contributed by atoms with E-state index in [1.54, 1.807) is 0 Å². The van der Waals surface area contributed by atoms with E-state index in [0.29, 0.717) is 10.4 Å². The molecule has 0 aliphatic heterocycles. The van der Waals surface area contributed by atoms with Crippen LogP contribution in [0, 0.1) is 0 Å². The molecule has 0 fully saturated rings. The average Bonchev–Trinajstić information content (AvgIpc) is 2.65. The number of nitrogen functional groups attached to an aromatic ring is 1. The molecule has 1 aromatic heterocycles. The van der Waals surface area contributed by atoms with E-state index in [-0.39, 0.29) is 11.6 Å². The van der Waals surface area contributed by atoms with Crippen molar-refractivity contribution in [3.8, 4) is 0 Å². The maximum Gasteiger partial charge on any atom is 0.342 e. The Morgan fingerprint density at radius 1 is 1.53 bits per heavy atom. The Kier molecular flexibility index (Phi) is 4.83. The molecule has 0 aromatic carbocycles. The molecule has 0 radical (unpaired) electrons. The first-order chi connectivity index (χ1) is 8.06. The van der Waals surface area contributed by atoms with Gasteiger partial charge in [0.15, 0.2) is 0 Å². The molecule has 0 bridgehead atoms. The fourth-order valence-electron chi connectivity index (χ4n) is 1.23. The molecule has 0 spiro atoms. The standard InChI is InChI=1S/C10H14N2O3S2/c1-4-16-10-5(9(14)15-3)6(11)7(17-10)8(13)12-2/h4,11H2,1-3H3,(H,12,13). The molecule has 1 heterocycles. The number of anilines is 1. The topological polar surface area (TPSA) is 81.4 Å². The van der Waals surface area contributed by atoms with Crippen molar-refractivity contribution in [2.45, 2.75) is 11.1 Å². The highest BCUT2D eigenvalue weighted by Gasteiger charge is 2.25. The van der Waals surface area contributed by atoms with Gasteiger partial charge in [0.25, 0.3) is 5.91 Å². The van der Waals surface area contributed by atoms with E-state index in [0.717, 1.165) is 9.96 Å². The third-order valence-electron chi connectivity index (χ3n) is 2.01. The molecule has 0 saturated carbocycles. The number of hydrogen-bond donors (Lipinski definition) is 2. The summed E-state index contributed by atoms with van der Waals surface area (Å²) in [5.74, 6) is -0.0117. The largest absolute Gasteiger partial charge is 0.465 e. The SMILES string of the molecule is CCSc1sc(C(=O)NC)c(N)c1C(=O)OC. The molecule has 0 atom stereocenters. The van der Waals surface area contributed by atoms with E-state index in [1.807, 2.05) is 6.92 Å². The first-order valence-corrected chi connectivity index (χ1v) is 6.72. The number of hydrogen-bond acceptors (Lipinski definition) is 6. The molecule has 94 valence electrons. The third-order valence-corrected chi connectivity index (χ3v) is 4.37. The van der Waals surface area contributed by atoms with Crippen LogP contribution in [0.1, 0.15) is 27.0 Å². The Morgan fingerprint density at radius 3 is 2.65 bits per heavy atom. The number of carbonyl (C=O) groups is 2. The third kappa shape index (κ3) is 2.73. The summed E-state index contributed by atoms with van der Waals surface area (Å²) in [6.45, 7) is 1.96. The normalized spacial score (nSPS) is 10.1. The fourth-order valence-corrected chi connectivity index (χ4v) is 3.56. The lowest BCUT2D eigenvalue weighted by atomic mass is 10.2. The highest BCUT2D eigenvalue weighted by atomic mass is 32.2. The quantitative estimate of drug-likeness (QED) is 0.643. The van der Waals surface area contributed by atoms with Crippen molar-refractivity contribution in [2.75, 3.05) is 25.6 Å². The summed E-state index contributed by atoms with van der Waals surface area (Å²) in [6.07, 6.45) is 0. The predicted molar refractivity (Wildman–Crippen MR) is 69.9 cm³/mol. The van der Waals surface area contributed by atoms with Crippen molar-refractivity contribution >= 4 is 40.7 Å². The highest BCUT2D eigenvalue weighted by Crippen LogP contribution is 2.38. The van der Waals surface area contributed by atoms with Crippen LogP contribution in [0.15, 0.2) is 4.21 Å². The summed E-state index contributed by atoms with van der Waals surface area (Å²) < 4.78 is 5.39. The van der Waals surface area contributed by atoms with Gasteiger partial charge in [-0.3, -0.25) is 4.79 Å². The van der Waals surface area contributed by atoms with E-state index in [1.165, 1.54) is 37.3 Å². The number of nitrogens with one attached hydrogen (secondary N) is 1. The van der Waals surface area contributed by atoms with Gasteiger partial charge in [-0.05, 0) is 5.75 Å². The Morgan fingerprint density at radius 2 is 2.18 bits per heavy atom. The lowest BCUT2D eigenvalue weighted by Crippen LogP contribution is -2.18. The summed E-state index contributed by atoms with van der Waals surface area (Å²) in [5, 5.41) is 2.49. The molecule has 0 aliphatic carbocycles. The predicted octanol–water partition coefficient (Wildman–Crippen LogP) is 1.59. The molecule has 7 heteroatoms. The maximum absolute atomic E-state index is 11.6. The van der Waals surface area contributed by atoms with Crippen molar-refractivity contribution in [3.05, 3.63) is 10.4 Å². The molecule has 3 N–H and O–H groups in total. The lowest BCUT2D eigenvalue weighted by Gasteiger charge is -2.01. The van der Waals surface area contributed by atoms with Crippen molar-refractivity contribution in [1.29, 1.82) is 0 Å². The second kappa shape index (κ2) is 5.92. The van der Waals surface area contributed by atoms with Crippen LogP contribution < -0.4 is 11.1 Å². The van der Waals surface area contributed by atoms with Gasteiger partial charge in [0.05, 0.1) is 17.0 Å². The van der Waals surface area contributed by atoms with Crippen LogP contribution in [0.3, 0.4) is 0 Å².